The number of amides is 1. The van der Waals surface area contributed by atoms with E-state index in [9.17, 15) is 9.18 Å². The highest BCUT2D eigenvalue weighted by atomic mass is 19.1. The Kier molecular flexibility index (Phi) is 5.49. The second kappa shape index (κ2) is 7.79. The van der Waals surface area contributed by atoms with Crippen LogP contribution in [0.4, 0.5) is 4.39 Å². The predicted molar refractivity (Wildman–Crippen MR) is 97.6 cm³/mol. The molecule has 0 saturated heterocycles. The van der Waals surface area contributed by atoms with E-state index in [4.69, 9.17) is 0 Å². The molecule has 0 heterocycles. The number of carbonyl (C=O) groups excluding carboxylic acids is 1. The molecular formula is C21H25FN2O. The van der Waals surface area contributed by atoms with Gasteiger partial charge in [0, 0.05) is 12.6 Å². The van der Waals surface area contributed by atoms with Gasteiger partial charge in [-0.15, -0.1) is 0 Å². The number of aryl methyl sites for hydroxylation is 1. The van der Waals surface area contributed by atoms with Crippen molar-refractivity contribution in [3.8, 4) is 0 Å². The highest BCUT2D eigenvalue weighted by molar-refractivity contribution is 5.78. The van der Waals surface area contributed by atoms with Crippen LogP contribution in [0.3, 0.4) is 0 Å². The molecule has 0 aromatic heterocycles. The van der Waals surface area contributed by atoms with Crippen LogP contribution in [-0.4, -0.2) is 23.4 Å². The van der Waals surface area contributed by atoms with Crippen molar-refractivity contribution in [2.45, 2.75) is 45.3 Å². The van der Waals surface area contributed by atoms with Gasteiger partial charge in [0.25, 0.3) is 0 Å². The first-order valence-corrected chi connectivity index (χ1v) is 8.85. The molecule has 3 rings (SSSR count). The first-order chi connectivity index (χ1) is 12.0. The standard InChI is InChI=1S/C21H25FN2O/c1-15-3-5-17(6-4-15)13-24(20-11-12-20)14-21(25)23-16(2)18-7-9-19(22)10-8-18/h3-10,16,20H,11-14H2,1-2H3,(H,23,25). The summed E-state index contributed by atoms with van der Waals surface area (Å²) in [6.07, 6.45) is 2.32. The van der Waals surface area contributed by atoms with Crippen LogP contribution in [0, 0.1) is 12.7 Å². The van der Waals surface area contributed by atoms with E-state index >= 15 is 0 Å². The summed E-state index contributed by atoms with van der Waals surface area (Å²) in [7, 11) is 0. The average Bonchev–Trinajstić information content (AvgIpc) is 3.41. The van der Waals surface area contributed by atoms with Gasteiger partial charge in [0.1, 0.15) is 5.82 Å². The van der Waals surface area contributed by atoms with E-state index in [0.29, 0.717) is 12.6 Å². The molecule has 0 aliphatic heterocycles. The molecule has 1 N–H and O–H groups in total. The Morgan fingerprint density at radius 1 is 1.16 bits per heavy atom. The minimum Gasteiger partial charge on any atom is -0.348 e. The van der Waals surface area contributed by atoms with Crippen LogP contribution >= 0.6 is 0 Å². The molecule has 1 fully saturated rings. The lowest BCUT2D eigenvalue weighted by atomic mass is 10.1. The van der Waals surface area contributed by atoms with Crippen molar-refractivity contribution >= 4 is 5.91 Å². The van der Waals surface area contributed by atoms with Crippen LogP contribution in [0.25, 0.3) is 0 Å². The quantitative estimate of drug-likeness (QED) is 0.827. The molecule has 0 spiro atoms. The summed E-state index contributed by atoms with van der Waals surface area (Å²) in [5, 5.41) is 3.02. The Morgan fingerprint density at radius 3 is 2.40 bits per heavy atom. The zero-order chi connectivity index (χ0) is 17.8. The Bertz CT molecular complexity index is 708. The van der Waals surface area contributed by atoms with E-state index in [0.717, 1.165) is 24.9 Å². The zero-order valence-corrected chi connectivity index (χ0v) is 14.8. The number of nitrogens with one attached hydrogen (secondary N) is 1. The molecule has 1 saturated carbocycles. The lowest BCUT2D eigenvalue weighted by molar-refractivity contribution is -0.123. The maximum absolute atomic E-state index is 13.0. The monoisotopic (exact) mass is 340 g/mol. The minimum absolute atomic E-state index is 0.0100. The maximum Gasteiger partial charge on any atom is 0.234 e. The highest BCUT2D eigenvalue weighted by Crippen LogP contribution is 2.28. The molecule has 2 aromatic rings. The normalized spacial score (nSPS) is 15.2. The Morgan fingerprint density at radius 2 is 1.80 bits per heavy atom. The van der Waals surface area contributed by atoms with Crippen molar-refractivity contribution < 1.29 is 9.18 Å². The lowest BCUT2D eigenvalue weighted by Crippen LogP contribution is -2.39. The van der Waals surface area contributed by atoms with E-state index in [1.165, 1.54) is 23.3 Å². The van der Waals surface area contributed by atoms with Crippen LogP contribution < -0.4 is 5.32 Å². The van der Waals surface area contributed by atoms with E-state index in [2.05, 4.69) is 41.4 Å². The number of nitrogens with zero attached hydrogens (tertiary/aromatic N) is 1. The fourth-order valence-corrected chi connectivity index (χ4v) is 2.99. The molecule has 1 amide bonds. The van der Waals surface area contributed by atoms with Gasteiger partial charge >= 0.3 is 0 Å². The third-order valence-corrected chi connectivity index (χ3v) is 4.66. The molecule has 25 heavy (non-hydrogen) atoms. The van der Waals surface area contributed by atoms with Crippen LogP contribution in [-0.2, 0) is 11.3 Å². The molecule has 0 bridgehead atoms. The van der Waals surface area contributed by atoms with Crippen molar-refractivity contribution in [1.82, 2.24) is 10.2 Å². The third-order valence-electron chi connectivity index (χ3n) is 4.66. The summed E-state index contributed by atoms with van der Waals surface area (Å²) in [5.74, 6) is -0.254. The summed E-state index contributed by atoms with van der Waals surface area (Å²) >= 11 is 0. The van der Waals surface area contributed by atoms with Crippen molar-refractivity contribution in [2.75, 3.05) is 6.54 Å². The molecule has 0 radical (unpaired) electrons. The van der Waals surface area contributed by atoms with Gasteiger partial charge in [0.2, 0.25) is 5.91 Å². The summed E-state index contributed by atoms with van der Waals surface area (Å²) in [4.78, 5) is 14.7. The summed E-state index contributed by atoms with van der Waals surface area (Å²) < 4.78 is 13.0. The molecule has 132 valence electrons. The average molecular weight is 340 g/mol. The number of hydrogen-bond donors (Lipinski definition) is 1. The smallest absolute Gasteiger partial charge is 0.234 e. The van der Waals surface area contributed by atoms with Gasteiger partial charge < -0.3 is 5.32 Å². The van der Waals surface area contributed by atoms with E-state index in [-0.39, 0.29) is 17.8 Å². The minimum atomic E-state index is -0.264. The summed E-state index contributed by atoms with van der Waals surface area (Å²) in [5.41, 5.74) is 3.38. The number of rotatable bonds is 7. The van der Waals surface area contributed by atoms with Gasteiger partial charge in [-0.25, -0.2) is 4.39 Å². The number of carbonyl (C=O) groups is 1. The molecule has 1 aliphatic rings. The Hall–Kier alpha value is -2.20. The van der Waals surface area contributed by atoms with Crippen LogP contribution in [0.2, 0.25) is 0 Å². The second-order valence-electron chi connectivity index (χ2n) is 6.96. The van der Waals surface area contributed by atoms with E-state index in [1.54, 1.807) is 12.1 Å². The van der Waals surface area contributed by atoms with Crippen molar-refractivity contribution in [2.24, 2.45) is 0 Å². The van der Waals surface area contributed by atoms with Crippen molar-refractivity contribution in [3.05, 3.63) is 71.0 Å². The highest BCUT2D eigenvalue weighted by Gasteiger charge is 2.30. The van der Waals surface area contributed by atoms with Crippen molar-refractivity contribution in [3.63, 3.8) is 0 Å². The number of benzene rings is 2. The zero-order valence-electron chi connectivity index (χ0n) is 14.8. The largest absolute Gasteiger partial charge is 0.348 e. The van der Waals surface area contributed by atoms with Gasteiger partial charge in [-0.3, -0.25) is 9.69 Å². The first-order valence-electron chi connectivity index (χ1n) is 8.85. The van der Waals surface area contributed by atoms with Crippen LogP contribution in [0.5, 0.6) is 0 Å². The van der Waals surface area contributed by atoms with Crippen LogP contribution in [0.15, 0.2) is 48.5 Å². The van der Waals surface area contributed by atoms with Gasteiger partial charge in [0.15, 0.2) is 0 Å². The number of halogens is 1. The second-order valence-corrected chi connectivity index (χ2v) is 6.96. The first kappa shape index (κ1) is 17.6. The molecule has 1 aliphatic carbocycles. The number of hydrogen-bond acceptors (Lipinski definition) is 2. The molecular weight excluding hydrogens is 315 g/mol. The maximum atomic E-state index is 13.0. The Balaban J connectivity index is 1.57. The molecule has 1 atom stereocenters. The van der Waals surface area contributed by atoms with Crippen molar-refractivity contribution in [1.29, 1.82) is 0 Å². The van der Waals surface area contributed by atoms with Gasteiger partial charge in [0.05, 0.1) is 12.6 Å². The molecule has 1 unspecified atom stereocenters. The van der Waals surface area contributed by atoms with E-state index < -0.39 is 0 Å². The molecule has 4 heteroatoms. The molecule has 3 nitrogen and oxygen atoms in total. The topological polar surface area (TPSA) is 32.3 Å². The fraction of sp³-hybridized carbons (Fsp3) is 0.381. The predicted octanol–water partition coefficient (Wildman–Crippen LogP) is 3.98. The molecule has 2 aromatic carbocycles. The SMILES string of the molecule is Cc1ccc(CN(CC(=O)NC(C)c2ccc(F)cc2)C2CC2)cc1. The van der Waals surface area contributed by atoms with Gasteiger partial charge in [-0.05, 0) is 49.9 Å². The summed E-state index contributed by atoms with van der Waals surface area (Å²) in [6.45, 7) is 5.19. The lowest BCUT2D eigenvalue weighted by Gasteiger charge is -2.23. The third kappa shape index (κ3) is 5.13. The van der Waals surface area contributed by atoms with Gasteiger partial charge in [-0.1, -0.05) is 42.0 Å². The summed E-state index contributed by atoms with van der Waals surface area (Å²) in [6, 6.07) is 15.1. The van der Waals surface area contributed by atoms with Gasteiger partial charge in [-0.2, -0.15) is 0 Å². The van der Waals surface area contributed by atoms with E-state index in [1.807, 2.05) is 6.92 Å². The van der Waals surface area contributed by atoms with Crippen LogP contribution in [0.1, 0.15) is 42.5 Å². The Labute approximate surface area is 148 Å². The fourth-order valence-electron chi connectivity index (χ4n) is 2.99.